The zero-order valence-electron chi connectivity index (χ0n) is 11.7. The van der Waals surface area contributed by atoms with E-state index in [0.717, 1.165) is 10.5 Å². The summed E-state index contributed by atoms with van der Waals surface area (Å²) >= 11 is 4.22. The lowest BCUT2D eigenvalue weighted by Gasteiger charge is -2.23. The number of hydrogen-bond donors (Lipinski definition) is 3. The first kappa shape index (κ1) is 15.6. The van der Waals surface area contributed by atoms with E-state index in [1.54, 1.807) is 27.0 Å². The molecule has 0 radical (unpaired) electrons. The van der Waals surface area contributed by atoms with Crippen LogP contribution in [0.3, 0.4) is 0 Å². The van der Waals surface area contributed by atoms with Crippen LogP contribution in [0.25, 0.3) is 0 Å². The molecular weight excluding hydrogens is 260 g/mol. The van der Waals surface area contributed by atoms with E-state index >= 15 is 0 Å². The number of aryl methyl sites for hydroxylation is 1. The van der Waals surface area contributed by atoms with Crippen LogP contribution in [0.4, 0.5) is 0 Å². The van der Waals surface area contributed by atoms with Crippen molar-refractivity contribution in [1.82, 2.24) is 10.6 Å². The normalized spacial score (nSPS) is 11.0. The van der Waals surface area contributed by atoms with E-state index in [1.165, 1.54) is 0 Å². The molecule has 0 atom stereocenters. The maximum atomic E-state index is 12.1. The molecule has 0 bridgehead atoms. The molecule has 0 unspecified atom stereocenters. The van der Waals surface area contributed by atoms with Crippen LogP contribution in [0.5, 0.6) is 0 Å². The van der Waals surface area contributed by atoms with Gasteiger partial charge in [0.15, 0.2) is 0 Å². The third-order valence-electron chi connectivity index (χ3n) is 3.00. The Morgan fingerprint density at radius 3 is 2.53 bits per heavy atom. The molecule has 19 heavy (non-hydrogen) atoms. The van der Waals surface area contributed by atoms with Crippen LogP contribution in [0.1, 0.15) is 29.8 Å². The SMILES string of the molecule is CNC(=O)C(C)(C)CNC(=O)c1cc(S)ccc1C. The Morgan fingerprint density at radius 2 is 1.95 bits per heavy atom. The number of nitrogens with one attached hydrogen (secondary N) is 2. The molecule has 0 saturated carbocycles. The highest BCUT2D eigenvalue weighted by Gasteiger charge is 2.27. The molecule has 1 rings (SSSR count). The van der Waals surface area contributed by atoms with Gasteiger partial charge in [0.2, 0.25) is 5.91 Å². The highest BCUT2D eigenvalue weighted by atomic mass is 32.1. The summed E-state index contributed by atoms with van der Waals surface area (Å²) in [6.07, 6.45) is 0. The number of hydrogen-bond acceptors (Lipinski definition) is 3. The van der Waals surface area contributed by atoms with Gasteiger partial charge in [0, 0.05) is 24.1 Å². The predicted molar refractivity (Wildman–Crippen MR) is 78.6 cm³/mol. The summed E-state index contributed by atoms with van der Waals surface area (Å²) < 4.78 is 0. The Hall–Kier alpha value is -1.49. The summed E-state index contributed by atoms with van der Waals surface area (Å²) in [5.41, 5.74) is 0.824. The van der Waals surface area contributed by atoms with Gasteiger partial charge in [-0.15, -0.1) is 12.6 Å². The molecule has 0 aliphatic heterocycles. The van der Waals surface area contributed by atoms with Crippen molar-refractivity contribution in [2.24, 2.45) is 5.41 Å². The van der Waals surface area contributed by atoms with Crippen molar-refractivity contribution in [3.05, 3.63) is 29.3 Å². The minimum Gasteiger partial charge on any atom is -0.359 e. The number of carbonyl (C=O) groups excluding carboxylic acids is 2. The molecule has 2 N–H and O–H groups in total. The molecule has 5 heteroatoms. The lowest BCUT2D eigenvalue weighted by atomic mass is 9.92. The third-order valence-corrected chi connectivity index (χ3v) is 3.28. The van der Waals surface area contributed by atoms with E-state index in [-0.39, 0.29) is 18.4 Å². The van der Waals surface area contributed by atoms with Gasteiger partial charge >= 0.3 is 0 Å². The number of carbonyl (C=O) groups is 2. The minimum atomic E-state index is -0.642. The van der Waals surface area contributed by atoms with Gasteiger partial charge in [0.05, 0.1) is 5.41 Å². The van der Waals surface area contributed by atoms with E-state index in [1.807, 2.05) is 19.1 Å². The van der Waals surface area contributed by atoms with Crippen molar-refractivity contribution < 1.29 is 9.59 Å². The Kier molecular flexibility index (Phi) is 5.00. The van der Waals surface area contributed by atoms with Gasteiger partial charge in [-0.1, -0.05) is 6.07 Å². The molecule has 4 nitrogen and oxygen atoms in total. The van der Waals surface area contributed by atoms with Crippen molar-refractivity contribution >= 4 is 24.4 Å². The summed E-state index contributed by atoms with van der Waals surface area (Å²) in [6, 6.07) is 5.41. The van der Waals surface area contributed by atoms with Crippen molar-refractivity contribution in [2.75, 3.05) is 13.6 Å². The Labute approximate surface area is 119 Å². The molecule has 0 saturated heterocycles. The number of rotatable bonds is 4. The quantitative estimate of drug-likeness (QED) is 0.736. The maximum Gasteiger partial charge on any atom is 0.251 e. The lowest BCUT2D eigenvalue weighted by molar-refractivity contribution is -0.128. The van der Waals surface area contributed by atoms with E-state index < -0.39 is 5.41 Å². The molecule has 0 aliphatic rings. The molecule has 0 aromatic heterocycles. The van der Waals surface area contributed by atoms with Crippen molar-refractivity contribution in [3.8, 4) is 0 Å². The molecule has 0 fully saturated rings. The van der Waals surface area contributed by atoms with E-state index in [0.29, 0.717) is 5.56 Å². The summed E-state index contributed by atoms with van der Waals surface area (Å²) in [6.45, 7) is 5.72. The summed E-state index contributed by atoms with van der Waals surface area (Å²) in [7, 11) is 1.58. The average molecular weight is 280 g/mol. The van der Waals surface area contributed by atoms with Gasteiger partial charge in [-0.05, 0) is 38.5 Å². The zero-order chi connectivity index (χ0) is 14.6. The van der Waals surface area contributed by atoms with Crippen LogP contribution in [-0.4, -0.2) is 25.4 Å². The highest BCUT2D eigenvalue weighted by molar-refractivity contribution is 7.80. The fourth-order valence-electron chi connectivity index (χ4n) is 1.67. The van der Waals surface area contributed by atoms with Gasteiger partial charge in [-0.2, -0.15) is 0 Å². The van der Waals surface area contributed by atoms with Crippen LogP contribution in [0, 0.1) is 12.3 Å². The second-order valence-corrected chi connectivity index (χ2v) is 5.66. The first-order chi connectivity index (χ1) is 8.77. The average Bonchev–Trinajstić information content (AvgIpc) is 2.37. The first-order valence-corrected chi connectivity index (χ1v) is 6.52. The van der Waals surface area contributed by atoms with Gasteiger partial charge < -0.3 is 10.6 Å². The highest BCUT2D eigenvalue weighted by Crippen LogP contribution is 2.16. The number of amides is 2. The van der Waals surface area contributed by atoms with Gasteiger partial charge in [0.25, 0.3) is 5.91 Å². The van der Waals surface area contributed by atoms with Crippen LogP contribution in [0.2, 0.25) is 0 Å². The van der Waals surface area contributed by atoms with Gasteiger partial charge in [0.1, 0.15) is 0 Å². The zero-order valence-corrected chi connectivity index (χ0v) is 12.6. The van der Waals surface area contributed by atoms with Crippen molar-refractivity contribution in [2.45, 2.75) is 25.7 Å². The molecule has 2 amide bonds. The number of benzene rings is 1. The maximum absolute atomic E-state index is 12.1. The fourth-order valence-corrected chi connectivity index (χ4v) is 1.87. The Bertz CT molecular complexity index is 498. The summed E-state index contributed by atoms with van der Waals surface area (Å²) in [5.74, 6) is -0.294. The Morgan fingerprint density at radius 1 is 1.32 bits per heavy atom. The summed E-state index contributed by atoms with van der Waals surface area (Å²) in [5, 5.41) is 5.38. The van der Waals surface area contributed by atoms with Crippen molar-refractivity contribution in [1.29, 1.82) is 0 Å². The molecule has 0 spiro atoms. The fraction of sp³-hybridized carbons (Fsp3) is 0.429. The molecule has 0 aliphatic carbocycles. The molecule has 1 aromatic carbocycles. The second kappa shape index (κ2) is 6.10. The van der Waals surface area contributed by atoms with E-state index in [4.69, 9.17) is 0 Å². The minimum absolute atomic E-state index is 0.104. The standard InChI is InChI=1S/C14H20N2O2S/c1-9-5-6-10(19)7-11(9)12(17)16-8-14(2,3)13(18)15-4/h5-7,19H,8H2,1-4H3,(H,15,18)(H,16,17). The number of thiol groups is 1. The van der Waals surface area contributed by atoms with Gasteiger partial charge in [-0.25, -0.2) is 0 Å². The van der Waals surface area contributed by atoms with Crippen LogP contribution >= 0.6 is 12.6 Å². The van der Waals surface area contributed by atoms with E-state index in [9.17, 15) is 9.59 Å². The summed E-state index contributed by atoms with van der Waals surface area (Å²) in [4.78, 5) is 24.5. The molecule has 0 heterocycles. The first-order valence-electron chi connectivity index (χ1n) is 6.08. The topological polar surface area (TPSA) is 58.2 Å². The van der Waals surface area contributed by atoms with Crippen LogP contribution in [0.15, 0.2) is 23.1 Å². The smallest absolute Gasteiger partial charge is 0.251 e. The molecular formula is C14H20N2O2S. The van der Waals surface area contributed by atoms with Crippen LogP contribution in [-0.2, 0) is 4.79 Å². The molecule has 104 valence electrons. The molecule has 1 aromatic rings. The monoisotopic (exact) mass is 280 g/mol. The van der Waals surface area contributed by atoms with Gasteiger partial charge in [-0.3, -0.25) is 9.59 Å². The van der Waals surface area contributed by atoms with E-state index in [2.05, 4.69) is 23.3 Å². The lowest BCUT2D eigenvalue weighted by Crippen LogP contribution is -2.43. The Balaban J connectivity index is 2.76. The largest absolute Gasteiger partial charge is 0.359 e. The predicted octanol–water partition coefficient (Wildman–Crippen LogP) is 1.79. The second-order valence-electron chi connectivity index (χ2n) is 5.14. The third kappa shape index (κ3) is 3.99. The van der Waals surface area contributed by atoms with Crippen LogP contribution < -0.4 is 10.6 Å². The van der Waals surface area contributed by atoms with Crippen molar-refractivity contribution in [3.63, 3.8) is 0 Å².